The third-order valence-electron chi connectivity index (χ3n) is 5.31. The predicted molar refractivity (Wildman–Crippen MR) is 120 cm³/mol. The van der Waals surface area contributed by atoms with E-state index in [4.69, 9.17) is 9.47 Å². The van der Waals surface area contributed by atoms with Crippen molar-refractivity contribution < 1.29 is 9.47 Å². The summed E-state index contributed by atoms with van der Waals surface area (Å²) >= 11 is 0. The van der Waals surface area contributed by atoms with Gasteiger partial charge in [-0.15, -0.1) is 0 Å². The van der Waals surface area contributed by atoms with E-state index in [1.54, 1.807) is 0 Å². The molecule has 0 amide bonds. The summed E-state index contributed by atoms with van der Waals surface area (Å²) in [7, 11) is 0. The lowest BCUT2D eigenvalue weighted by Crippen LogP contribution is -2.35. The number of rotatable bonds is 22. The minimum atomic E-state index is 0.359. The van der Waals surface area contributed by atoms with Crippen molar-refractivity contribution in [2.24, 2.45) is 0 Å². The molecule has 0 spiro atoms. The van der Waals surface area contributed by atoms with Crippen LogP contribution >= 0.6 is 0 Å². The Balaban J connectivity index is 3.83. The van der Waals surface area contributed by atoms with Crippen molar-refractivity contribution in [2.45, 2.75) is 130 Å². The van der Waals surface area contributed by atoms with Crippen molar-refractivity contribution in [3.05, 3.63) is 0 Å². The average Bonchev–Trinajstić information content (AvgIpc) is 2.67. The lowest BCUT2D eigenvalue weighted by Gasteiger charge is -2.21. The summed E-state index contributed by atoms with van der Waals surface area (Å²) in [6, 6.07) is 0. The Morgan fingerprint density at radius 3 is 1.30 bits per heavy atom. The first-order valence-corrected chi connectivity index (χ1v) is 12.2. The highest BCUT2D eigenvalue weighted by molar-refractivity contribution is 4.67. The van der Waals surface area contributed by atoms with Crippen LogP contribution < -0.4 is 5.32 Å². The molecule has 0 heterocycles. The monoisotopic (exact) mass is 385 g/mol. The van der Waals surface area contributed by atoms with Crippen molar-refractivity contribution in [3.8, 4) is 0 Å². The maximum atomic E-state index is 5.95. The van der Waals surface area contributed by atoms with Crippen LogP contribution in [0.25, 0.3) is 0 Å². The Hall–Kier alpha value is -0.120. The standard InChI is InChI=1S/C24H51NO2/c1-5-9-11-13-14-15-16-18-20-24(27-8-4)22-25-21-23(26-7-3)19-17-12-10-6-2/h23-25H,5-22H2,1-4H3. The molecule has 0 radical (unpaired) electrons. The van der Waals surface area contributed by atoms with Gasteiger partial charge >= 0.3 is 0 Å². The molecule has 164 valence electrons. The van der Waals surface area contributed by atoms with Gasteiger partial charge in [0, 0.05) is 26.3 Å². The van der Waals surface area contributed by atoms with E-state index in [2.05, 4.69) is 33.0 Å². The summed E-state index contributed by atoms with van der Waals surface area (Å²) in [4.78, 5) is 0. The van der Waals surface area contributed by atoms with E-state index >= 15 is 0 Å². The summed E-state index contributed by atoms with van der Waals surface area (Å²) in [5.41, 5.74) is 0. The van der Waals surface area contributed by atoms with Gasteiger partial charge in [-0.05, 0) is 26.7 Å². The predicted octanol–water partition coefficient (Wildman–Crippen LogP) is 6.89. The zero-order valence-electron chi connectivity index (χ0n) is 19.2. The van der Waals surface area contributed by atoms with Crippen LogP contribution in [0.2, 0.25) is 0 Å². The van der Waals surface area contributed by atoms with Crippen LogP contribution in [0.1, 0.15) is 118 Å². The Kier molecular flexibility index (Phi) is 22.1. The average molecular weight is 386 g/mol. The van der Waals surface area contributed by atoms with Gasteiger partial charge < -0.3 is 14.8 Å². The van der Waals surface area contributed by atoms with Gasteiger partial charge in [-0.2, -0.15) is 0 Å². The summed E-state index contributed by atoms with van der Waals surface area (Å²) < 4.78 is 11.9. The molecule has 0 aromatic rings. The van der Waals surface area contributed by atoms with Gasteiger partial charge in [-0.3, -0.25) is 0 Å². The maximum Gasteiger partial charge on any atom is 0.0699 e. The minimum Gasteiger partial charge on any atom is -0.377 e. The minimum absolute atomic E-state index is 0.359. The summed E-state index contributed by atoms with van der Waals surface area (Å²) in [6.45, 7) is 12.3. The fraction of sp³-hybridized carbons (Fsp3) is 1.00. The topological polar surface area (TPSA) is 30.5 Å². The second kappa shape index (κ2) is 22.2. The molecule has 0 aliphatic rings. The van der Waals surface area contributed by atoms with Crippen molar-refractivity contribution in [1.82, 2.24) is 5.32 Å². The molecule has 0 saturated carbocycles. The highest BCUT2D eigenvalue weighted by Gasteiger charge is 2.11. The van der Waals surface area contributed by atoms with Crippen molar-refractivity contribution in [3.63, 3.8) is 0 Å². The summed E-state index contributed by atoms with van der Waals surface area (Å²) in [6.07, 6.45) is 19.4. The van der Waals surface area contributed by atoms with E-state index in [1.165, 1.54) is 89.9 Å². The molecule has 2 atom stereocenters. The van der Waals surface area contributed by atoms with Crippen LogP contribution in [0.5, 0.6) is 0 Å². The molecule has 0 fully saturated rings. The smallest absolute Gasteiger partial charge is 0.0699 e. The molecule has 3 heteroatoms. The first-order valence-electron chi connectivity index (χ1n) is 12.2. The Labute approximate surface area is 171 Å². The number of nitrogens with one attached hydrogen (secondary N) is 1. The molecular formula is C24H51NO2. The first kappa shape index (κ1) is 26.9. The van der Waals surface area contributed by atoms with E-state index in [0.717, 1.165) is 26.3 Å². The third kappa shape index (κ3) is 19.0. The molecule has 0 aliphatic heterocycles. The first-order chi connectivity index (χ1) is 13.3. The van der Waals surface area contributed by atoms with Crippen LogP contribution in [0, 0.1) is 0 Å². The number of hydrogen-bond acceptors (Lipinski definition) is 3. The Morgan fingerprint density at radius 1 is 0.519 bits per heavy atom. The fourth-order valence-electron chi connectivity index (χ4n) is 3.67. The van der Waals surface area contributed by atoms with Crippen LogP contribution in [0.15, 0.2) is 0 Å². The van der Waals surface area contributed by atoms with E-state index < -0.39 is 0 Å². The second-order valence-corrected chi connectivity index (χ2v) is 7.93. The SMILES string of the molecule is CCCCCCCCCCC(CNCC(CCCCCC)OCC)OCC. The van der Waals surface area contributed by atoms with Crippen LogP contribution in [-0.2, 0) is 9.47 Å². The summed E-state index contributed by atoms with van der Waals surface area (Å²) in [5.74, 6) is 0. The van der Waals surface area contributed by atoms with Crippen molar-refractivity contribution in [2.75, 3.05) is 26.3 Å². The normalized spacial score (nSPS) is 13.8. The zero-order valence-corrected chi connectivity index (χ0v) is 19.2. The van der Waals surface area contributed by atoms with E-state index in [0.29, 0.717) is 12.2 Å². The molecule has 27 heavy (non-hydrogen) atoms. The highest BCUT2D eigenvalue weighted by Crippen LogP contribution is 2.12. The van der Waals surface area contributed by atoms with Gasteiger partial charge in [0.15, 0.2) is 0 Å². The van der Waals surface area contributed by atoms with Crippen LogP contribution in [0.3, 0.4) is 0 Å². The van der Waals surface area contributed by atoms with Crippen LogP contribution in [0.4, 0.5) is 0 Å². The van der Waals surface area contributed by atoms with Crippen LogP contribution in [-0.4, -0.2) is 38.5 Å². The zero-order chi connectivity index (χ0) is 20.0. The molecule has 0 aromatic heterocycles. The molecule has 2 unspecified atom stereocenters. The lowest BCUT2D eigenvalue weighted by atomic mass is 10.1. The van der Waals surface area contributed by atoms with Gasteiger partial charge in [0.25, 0.3) is 0 Å². The second-order valence-electron chi connectivity index (χ2n) is 7.93. The highest BCUT2D eigenvalue weighted by atomic mass is 16.5. The molecular weight excluding hydrogens is 334 g/mol. The third-order valence-corrected chi connectivity index (χ3v) is 5.31. The van der Waals surface area contributed by atoms with E-state index in [-0.39, 0.29) is 0 Å². The van der Waals surface area contributed by atoms with Gasteiger partial charge in [0.2, 0.25) is 0 Å². The number of unbranched alkanes of at least 4 members (excludes halogenated alkanes) is 10. The molecule has 0 saturated heterocycles. The Bertz CT molecular complexity index is 273. The van der Waals surface area contributed by atoms with E-state index in [9.17, 15) is 0 Å². The molecule has 0 aromatic carbocycles. The quantitative estimate of drug-likeness (QED) is 0.206. The van der Waals surface area contributed by atoms with Crippen molar-refractivity contribution in [1.29, 1.82) is 0 Å². The van der Waals surface area contributed by atoms with Crippen molar-refractivity contribution >= 4 is 0 Å². The summed E-state index contributed by atoms with van der Waals surface area (Å²) in [5, 5.41) is 3.62. The molecule has 1 N–H and O–H groups in total. The van der Waals surface area contributed by atoms with Gasteiger partial charge in [0.05, 0.1) is 12.2 Å². The van der Waals surface area contributed by atoms with Gasteiger partial charge in [-0.25, -0.2) is 0 Å². The molecule has 3 nitrogen and oxygen atoms in total. The lowest BCUT2D eigenvalue weighted by molar-refractivity contribution is 0.0371. The Morgan fingerprint density at radius 2 is 0.889 bits per heavy atom. The number of ether oxygens (including phenoxy) is 2. The molecule has 0 rings (SSSR count). The largest absolute Gasteiger partial charge is 0.377 e. The fourth-order valence-corrected chi connectivity index (χ4v) is 3.67. The number of hydrogen-bond donors (Lipinski definition) is 1. The maximum absolute atomic E-state index is 5.95. The van der Waals surface area contributed by atoms with Gasteiger partial charge in [-0.1, -0.05) is 90.9 Å². The van der Waals surface area contributed by atoms with Gasteiger partial charge in [0.1, 0.15) is 0 Å². The molecule has 0 aliphatic carbocycles. The van der Waals surface area contributed by atoms with E-state index in [1.807, 2.05) is 0 Å². The molecule has 0 bridgehead atoms.